The van der Waals surface area contributed by atoms with Gasteiger partial charge in [-0.15, -0.1) is 23.1 Å². The lowest BCUT2D eigenvalue weighted by atomic mass is 10.2. The zero-order valence-electron chi connectivity index (χ0n) is 12.6. The highest BCUT2D eigenvalue weighted by Crippen LogP contribution is 2.15. The Kier molecular flexibility index (Phi) is 5.55. The SMILES string of the molecule is O=C(CSCc1cc(=O)n2ccsc2n1)NCc1ccccc1Cl. The average molecular weight is 380 g/mol. The first kappa shape index (κ1) is 17.0. The molecule has 0 bridgehead atoms. The first-order valence-electron chi connectivity index (χ1n) is 7.17. The summed E-state index contributed by atoms with van der Waals surface area (Å²) in [7, 11) is 0. The summed E-state index contributed by atoms with van der Waals surface area (Å²) < 4.78 is 1.51. The van der Waals surface area contributed by atoms with Crippen LogP contribution in [-0.4, -0.2) is 21.0 Å². The smallest absolute Gasteiger partial charge is 0.258 e. The molecule has 0 saturated heterocycles. The van der Waals surface area contributed by atoms with E-state index in [9.17, 15) is 9.59 Å². The fraction of sp³-hybridized carbons (Fsp3) is 0.188. The van der Waals surface area contributed by atoms with E-state index in [2.05, 4.69) is 10.3 Å². The highest BCUT2D eigenvalue weighted by molar-refractivity contribution is 7.99. The van der Waals surface area contributed by atoms with Crippen molar-refractivity contribution in [2.75, 3.05) is 5.75 Å². The first-order chi connectivity index (χ1) is 11.6. The topological polar surface area (TPSA) is 63.5 Å². The van der Waals surface area contributed by atoms with Crippen LogP contribution in [0.15, 0.2) is 46.7 Å². The van der Waals surface area contributed by atoms with Crippen molar-refractivity contribution in [1.82, 2.24) is 14.7 Å². The molecule has 0 atom stereocenters. The summed E-state index contributed by atoms with van der Waals surface area (Å²) >= 11 is 8.89. The van der Waals surface area contributed by atoms with E-state index in [1.165, 1.54) is 33.6 Å². The maximum absolute atomic E-state index is 11.9. The number of halogens is 1. The van der Waals surface area contributed by atoms with Crippen molar-refractivity contribution in [2.24, 2.45) is 0 Å². The van der Waals surface area contributed by atoms with Gasteiger partial charge in [-0.2, -0.15) is 0 Å². The molecule has 24 heavy (non-hydrogen) atoms. The van der Waals surface area contributed by atoms with E-state index in [0.29, 0.717) is 33.7 Å². The van der Waals surface area contributed by atoms with Crippen LogP contribution in [0.1, 0.15) is 11.3 Å². The Labute approximate surface area is 151 Å². The number of rotatable bonds is 6. The predicted molar refractivity (Wildman–Crippen MR) is 98.8 cm³/mol. The van der Waals surface area contributed by atoms with E-state index in [1.807, 2.05) is 23.6 Å². The van der Waals surface area contributed by atoms with Crippen molar-refractivity contribution in [3.05, 3.63) is 68.5 Å². The van der Waals surface area contributed by atoms with Gasteiger partial charge in [0.1, 0.15) is 0 Å². The summed E-state index contributed by atoms with van der Waals surface area (Å²) in [5.41, 5.74) is 1.47. The maximum atomic E-state index is 11.9. The van der Waals surface area contributed by atoms with Crippen molar-refractivity contribution >= 4 is 45.6 Å². The molecule has 3 aromatic rings. The molecule has 3 rings (SSSR count). The standard InChI is InChI=1S/C16H14ClN3O2S2/c17-13-4-2-1-3-11(13)8-18-14(21)10-23-9-12-7-15(22)20-5-6-24-16(20)19-12/h1-7H,8-10H2,(H,18,21). The number of aromatic nitrogens is 2. The largest absolute Gasteiger partial charge is 0.351 e. The minimum absolute atomic E-state index is 0.0751. The lowest BCUT2D eigenvalue weighted by Gasteiger charge is -2.06. The van der Waals surface area contributed by atoms with Gasteiger partial charge in [0.05, 0.1) is 11.4 Å². The Balaban J connectivity index is 1.49. The first-order valence-corrected chi connectivity index (χ1v) is 9.58. The Morgan fingerprint density at radius 1 is 1.38 bits per heavy atom. The molecule has 0 aliphatic carbocycles. The molecule has 1 aromatic carbocycles. The summed E-state index contributed by atoms with van der Waals surface area (Å²) in [6.07, 6.45) is 1.70. The molecule has 2 heterocycles. The van der Waals surface area contributed by atoms with Crippen molar-refractivity contribution in [3.8, 4) is 0 Å². The van der Waals surface area contributed by atoms with Crippen LogP contribution in [0.25, 0.3) is 4.96 Å². The van der Waals surface area contributed by atoms with Gasteiger partial charge in [-0.3, -0.25) is 14.0 Å². The van der Waals surface area contributed by atoms with E-state index in [1.54, 1.807) is 12.3 Å². The summed E-state index contributed by atoms with van der Waals surface area (Å²) in [5.74, 6) is 0.743. The van der Waals surface area contributed by atoms with Crippen LogP contribution in [-0.2, 0) is 17.1 Å². The minimum atomic E-state index is -0.0972. The molecular formula is C16H14ClN3O2S2. The number of nitrogens with zero attached hydrogens (tertiary/aromatic N) is 2. The average Bonchev–Trinajstić information content (AvgIpc) is 3.03. The van der Waals surface area contributed by atoms with Gasteiger partial charge in [0.2, 0.25) is 5.91 Å². The summed E-state index contributed by atoms with van der Waals surface area (Å²) in [6, 6.07) is 8.91. The molecule has 124 valence electrons. The molecule has 1 N–H and O–H groups in total. The summed E-state index contributed by atoms with van der Waals surface area (Å²) in [5, 5.41) is 5.30. The third-order valence-corrected chi connectivity index (χ3v) is 5.36. The Morgan fingerprint density at radius 3 is 3.04 bits per heavy atom. The number of thiazole rings is 1. The molecule has 1 amide bonds. The second-order valence-electron chi connectivity index (χ2n) is 5.00. The number of benzene rings is 1. The molecule has 0 aliphatic rings. The van der Waals surface area contributed by atoms with Crippen LogP contribution in [0.4, 0.5) is 0 Å². The van der Waals surface area contributed by atoms with Gasteiger partial charge in [0.25, 0.3) is 5.56 Å². The van der Waals surface area contributed by atoms with Gasteiger partial charge in [-0.05, 0) is 11.6 Å². The fourth-order valence-corrected chi connectivity index (χ4v) is 3.78. The van der Waals surface area contributed by atoms with Crippen LogP contribution in [0, 0.1) is 0 Å². The Hall–Kier alpha value is -1.83. The Bertz CT molecular complexity index is 923. The highest BCUT2D eigenvalue weighted by Gasteiger charge is 2.07. The number of hydrogen-bond donors (Lipinski definition) is 1. The van der Waals surface area contributed by atoms with Crippen LogP contribution in [0.5, 0.6) is 0 Å². The number of hydrogen-bond acceptors (Lipinski definition) is 5. The van der Waals surface area contributed by atoms with Crippen LogP contribution in [0.2, 0.25) is 5.02 Å². The van der Waals surface area contributed by atoms with Crippen LogP contribution in [0.3, 0.4) is 0 Å². The zero-order valence-corrected chi connectivity index (χ0v) is 15.0. The van der Waals surface area contributed by atoms with E-state index in [4.69, 9.17) is 11.6 Å². The molecule has 5 nitrogen and oxygen atoms in total. The quantitative estimate of drug-likeness (QED) is 0.715. The second kappa shape index (κ2) is 7.83. The normalized spacial score (nSPS) is 10.9. The van der Waals surface area contributed by atoms with Gasteiger partial charge in [0, 0.05) is 35.0 Å². The second-order valence-corrected chi connectivity index (χ2v) is 7.27. The molecular weight excluding hydrogens is 366 g/mol. The summed E-state index contributed by atoms with van der Waals surface area (Å²) in [4.78, 5) is 28.9. The van der Waals surface area contributed by atoms with Crippen molar-refractivity contribution in [2.45, 2.75) is 12.3 Å². The van der Waals surface area contributed by atoms with E-state index in [0.717, 1.165) is 5.56 Å². The molecule has 0 aliphatic heterocycles. The number of amides is 1. The zero-order chi connectivity index (χ0) is 16.9. The van der Waals surface area contributed by atoms with E-state index in [-0.39, 0.29) is 11.5 Å². The fourth-order valence-electron chi connectivity index (χ4n) is 2.10. The molecule has 0 saturated carbocycles. The Morgan fingerprint density at radius 2 is 2.21 bits per heavy atom. The highest BCUT2D eigenvalue weighted by atomic mass is 35.5. The number of thioether (sulfide) groups is 1. The maximum Gasteiger partial charge on any atom is 0.258 e. The van der Waals surface area contributed by atoms with E-state index >= 15 is 0 Å². The van der Waals surface area contributed by atoms with Crippen molar-refractivity contribution in [3.63, 3.8) is 0 Å². The van der Waals surface area contributed by atoms with Gasteiger partial charge in [-0.1, -0.05) is 29.8 Å². The van der Waals surface area contributed by atoms with Crippen molar-refractivity contribution < 1.29 is 4.79 Å². The number of carbonyl (C=O) groups excluding carboxylic acids is 1. The predicted octanol–water partition coefficient (Wildman–Crippen LogP) is 2.96. The monoisotopic (exact) mass is 379 g/mol. The molecule has 0 fully saturated rings. The number of nitrogens with one attached hydrogen (secondary N) is 1. The van der Waals surface area contributed by atoms with Gasteiger partial charge in [-0.25, -0.2) is 4.98 Å². The van der Waals surface area contributed by atoms with E-state index < -0.39 is 0 Å². The molecule has 8 heteroatoms. The van der Waals surface area contributed by atoms with Crippen LogP contribution < -0.4 is 10.9 Å². The van der Waals surface area contributed by atoms with Crippen molar-refractivity contribution in [1.29, 1.82) is 0 Å². The van der Waals surface area contributed by atoms with Crippen LogP contribution >= 0.6 is 34.7 Å². The number of carbonyl (C=O) groups is 1. The third-order valence-electron chi connectivity index (χ3n) is 3.27. The molecule has 0 unspecified atom stereocenters. The van der Waals surface area contributed by atoms with Gasteiger partial charge < -0.3 is 5.32 Å². The summed E-state index contributed by atoms with van der Waals surface area (Å²) in [6.45, 7) is 0.403. The lowest BCUT2D eigenvalue weighted by molar-refractivity contribution is -0.118. The lowest BCUT2D eigenvalue weighted by Crippen LogP contribution is -2.24. The molecule has 0 radical (unpaired) electrons. The molecule has 0 spiro atoms. The minimum Gasteiger partial charge on any atom is -0.351 e. The van der Waals surface area contributed by atoms with Gasteiger partial charge in [0.15, 0.2) is 4.96 Å². The third kappa shape index (κ3) is 4.17. The number of fused-ring (bicyclic) bond motifs is 1. The molecule has 2 aromatic heterocycles. The van der Waals surface area contributed by atoms with Gasteiger partial charge >= 0.3 is 0 Å².